The zero-order valence-electron chi connectivity index (χ0n) is 10.6. The molecule has 0 heterocycles. The second-order valence-corrected chi connectivity index (χ2v) is 5.77. The molecule has 3 nitrogen and oxygen atoms in total. The maximum atomic E-state index is 13.5. The Bertz CT molecular complexity index is 803. The Morgan fingerprint density at radius 3 is 1.59 bits per heavy atom. The standard InChI is InChI=1S/C13H7F5O3S/c14-9-8(10(15)12(17)13(18)11(9)16)5-6-1-3-7(4-2-6)22(19,20)21/h1-4H,5H2,(H,19,20,21). The average molecular weight is 338 g/mol. The van der Waals surface area contributed by atoms with Crippen LogP contribution in [0.4, 0.5) is 22.0 Å². The number of rotatable bonds is 3. The Morgan fingerprint density at radius 1 is 0.773 bits per heavy atom. The van der Waals surface area contributed by atoms with Crippen LogP contribution in [0, 0.1) is 29.1 Å². The molecule has 9 heteroatoms. The van der Waals surface area contributed by atoms with Crippen molar-refractivity contribution in [3.63, 3.8) is 0 Å². The molecule has 0 aliphatic rings. The molecule has 0 radical (unpaired) electrons. The molecule has 1 N–H and O–H groups in total. The molecule has 118 valence electrons. The van der Waals surface area contributed by atoms with E-state index in [1.54, 1.807) is 0 Å². The first-order chi connectivity index (χ1) is 10.1. The van der Waals surface area contributed by atoms with Crippen LogP contribution < -0.4 is 0 Å². The van der Waals surface area contributed by atoms with E-state index in [-0.39, 0.29) is 5.56 Å². The summed E-state index contributed by atoms with van der Waals surface area (Å²) < 4.78 is 96.4. The van der Waals surface area contributed by atoms with Crippen LogP contribution in [0.15, 0.2) is 29.2 Å². The minimum Gasteiger partial charge on any atom is -0.282 e. The lowest BCUT2D eigenvalue weighted by atomic mass is 10.0. The quantitative estimate of drug-likeness (QED) is 0.405. The van der Waals surface area contributed by atoms with Gasteiger partial charge in [-0.05, 0) is 17.7 Å². The fourth-order valence-electron chi connectivity index (χ4n) is 1.79. The third-order valence-electron chi connectivity index (χ3n) is 2.90. The van der Waals surface area contributed by atoms with Gasteiger partial charge in [0.25, 0.3) is 10.1 Å². The van der Waals surface area contributed by atoms with Gasteiger partial charge in [-0.25, -0.2) is 22.0 Å². The maximum Gasteiger partial charge on any atom is 0.294 e. The van der Waals surface area contributed by atoms with Gasteiger partial charge < -0.3 is 0 Å². The van der Waals surface area contributed by atoms with Crippen LogP contribution in [0.5, 0.6) is 0 Å². The smallest absolute Gasteiger partial charge is 0.282 e. The summed E-state index contributed by atoms with van der Waals surface area (Å²) >= 11 is 0. The highest BCUT2D eigenvalue weighted by atomic mass is 32.2. The number of halogens is 5. The Labute approximate surface area is 121 Å². The molecule has 0 unspecified atom stereocenters. The van der Waals surface area contributed by atoms with E-state index in [9.17, 15) is 30.4 Å². The van der Waals surface area contributed by atoms with E-state index in [0.29, 0.717) is 0 Å². The van der Waals surface area contributed by atoms with Crippen molar-refractivity contribution in [3.05, 3.63) is 64.5 Å². The zero-order chi connectivity index (χ0) is 16.7. The van der Waals surface area contributed by atoms with Crippen molar-refractivity contribution in [2.75, 3.05) is 0 Å². The lowest BCUT2D eigenvalue weighted by Gasteiger charge is -2.08. The summed E-state index contributed by atoms with van der Waals surface area (Å²) in [6.45, 7) is 0. The van der Waals surface area contributed by atoms with E-state index in [1.807, 2.05) is 0 Å². The van der Waals surface area contributed by atoms with Crippen molar-refractivity contribution in [2.24, 2.45) is 0 Å². The van der Waals surface area contributed by atoms with Gasteiger partial charge in [-0.1, -0.05) is 12.1 Å². The van der Waals surface area contributed by atoms with Crippen molar-refractivity contribution < 1.29 is 34.9 Å². The molecule has 2 aromatic rings. The summed E-state index contributed by atoms with van der Waals surface area (Å²) in [5, 5.41) is 0. The van der Waals surface area contributed by atoms with Gasteiger partial charge in [-0.15, -0.1) is 0 Å². The molecule has 0 bridgehead atoms. The van der Waals surface area contributed by atoms with E-state index >= 15 is 0 Å². The van der Waals surface area contributed by atoms with Crippen LogP contribution in [0.2, 0.25) is 0 Å². The van der Waals surface area contributed by atoms with Gasteiger partial charge in [0, 0.05) is 12.0 Å². The predicted molar refractivity (Wildman–Crippen MR) is 65.3 cm³/mol. The highest BCUT2D eigenvalue weighted by molar-refractivity contribution is 7.85. The third kappa shape index (κ3) is 2.95. The fraction of sp³-hybridized carbons (Fsp3) is 0.0769. The van der Waals surface area contributed by atoms with Gasteiger partial charge in [0.2, 0.25) is 5.82 Å². The van der Waals surface area contributed by atoms with Crippen LogP contribution >= 0.6 is 0 Å². The first-order valence-corrected chi connectivity index (χ1v) is 7.13. The molecule has 0 saturated heterocycles. The number of benzene rings is 2. The molecule has 0 aromatic heterocycles. The molecular formula is C13H7F5O3S. The molecular weight excluding hydrogens is 331 g/mol. The maximum absolute atomic E-state index is 13.5. The van der Waals surface area contributed by atoms with Crippen molar-refractivity contribution >= 4 is 10.1 Å². The number of hydrogen-bond donors (Lipinski definition) is 1. The minimum atomic E-state index is -4.45. The molecule has 22 heavy (non-hydrogen) atoms. The van der Waals surface area contributed by atoms with E-state index in [2.05, 4.69) is 0 Å². The van der Waals surface area contributed by atoms with Crippen LogP contribution in [0.1, 0.15) is 11.1 Å². The first kappa shape index (κ1) is 16.4. The van der Waals surface area contributed by atoms with Crippen LogP contribution in [0.25, 0.3) is 0 Å². The van der Waals surface area contributed by atoms with Crippen LogP contribution in [0.3, 0.4) is 0 Å². The van der Waals surface area contributed by atoms with Crippen molar-refractivity contribution in [1.29, 1.82) is 0 Å². The Hall–Kier alpha value is -2.00. The first-order valence-electron chi connectivity index (χ1n) is 5.69. The number of hydrogen-bond acceptors (Lipinski definition) is 2. The topological polar surface area (TPSA) is 54.4 Å². The molecule has 2 rings (SSSR count). The Morgan fingerprint density at radius 2 is 1.18 bits per heavy atom. The van der Waals surface area contributed by atoms with Gasteiger partial charge in [-0.2, -0.15) is 8.42 Å². The summed E-state index contributed by atoms with van der Waals surface area (Å²) in [6, 6.07) is 4.05. The lowest BCUT2D eigenvalue weighted by Crippen LogP contribution is -2.08. The largest absolute Gasteiger partial charge is 0.294 e. The average Bonchev–Trinajstić information content (AvgIpc) is 2.47. The second-order valence-electron chi connectivity index (χ2n) is 4.34. The highest BCUT2D eigenvalue weighted by Crippen LogP contribution is 2.25. The van der Waals surface area contributed by atoms with Crippen molar-refractivity contribution in [1.82, 2.24) is 0 Å². The molecule has 0 atom stereocenters. The molecule has 0 aliphatic heterocycles. The summed E-state index contributed by atoms with van der Waals surface area (Å²) in [5.74, 6) is -10.3. The monoisotopic (exact) mass is 338 g/mol. The Balaban J connectivity index is 2.44. The molecule has 0 fully saturated rings. The predicted octanol–water partition coefficient (Wildman–Crippen LogP) is 3.22. The van der Waals surface area contributed by atoms with Crippen LogP contribution in [-0.4, -0.2) is 13.0 Å². The van der Waals surface area contributed by atoms with E-state index < -0.39 is 56.1 Å². The Kier molecular flexibility index (Phi) is 4.21. The summed E-state index contributed by atoms with van der Waals surface area (Å²) in [4.78, 5) is -0.464. The summed E-state index contributed by atoms with van der Waals surface area (Å²) in [6.07, 6.45) is -0.641. The second kappa shape index (κ2) is 5.65. The summed E-state index contributed by atoms with van der Waals surface area (Å²) in [7, 11) is -4.45. The highest BCUT2D eigenvalue weighted by Gasteiger charge is 2.25. The third-order valence-corrected chi connectivity index (χ3v) is 3.77. The van der Waals surface area contributed by atoms with E-state index in [4.69, 9.17) is 4.55 Å². The normalized spacial score (nSPS) is 11.7. The molecule has 0 saturated carbocycles. The minimum absolute atomic E-state index is 0.0932. The van der Waals surface area contributed by atoms with Gasteiger partial charge in [-0.3, -0.25) is 4.55 Å². The van der Waals surface area contributed by atoms with Gasteiger partial charge in [0.05, 0.1) is 4.90 Å². The van der Waals surface area contributed by atoms with Gasteiger partial charge in [0.1, 0.15) is 0 Å². The van der Waals surface area contributed by atoms with Gasteiger partial charge >= 0.3 is 0 Å². The SMILES string of the molecule is O=S(=O)(O)c1ccc(Cc2c(F)c(F)c(F)c(F)c2F)cc1. The van der Waals surface area contributed by atoms with E-state index in [1.165, 1.54) is 0 Å². The summed E-state index contributed by atoms with van der Waals surface area (Å²) in [5.41, 5.74) is -0.938. The van der Waals surface area contributed by atoms with E-state index in [0.717, 1.165) is 24.3 Å². The van der Waals surface area contributed by atoms with Crippen molar-refractivity contribution in [2.45, 2.75) is 11.3 Å². The van der Waals surface area contributed by atoms with Crippen molar-refractivity contribution in [3.8, 4) is 0 Å². The molecule has 2 aromatic carbocycles. The fourth-order valence-corrected chi connectivity index (χ4v) is 2.27. The van der Waals surface area contributed by atoms with Crippen LogP contribution in [-0.2, 0) is 16.5 Å². The lowest BCUT2D eigenvalue weighted by molar-refractivity contribution is 0.371. The molecule has 0 aliphatic carbocycles. The van der Waals surface area contributed by atoms with Gasteiger partial charge in [0.15, 0.2) is 23.3 Å². The zero-order valence-corrected chi connectivity index (χ0v) is 11.4. The molecule has 0 spiro atoms. The molecule has 0 amide bonds.